The summed E-state index contributed by atoms with van der Waals surface area (Å²) < 4.78 is 21.9. The molecule has 9 heteroatoms. The monoisotopic (exact) mass is 432 g/mol. The van der Waals surface area contributed by atoms with Crippen molar-refractivity contribution in [2.45, 2.75) is 96.8 Å². The van der Waals surface area contributed by atoms with Crippen molar-refractivity contribution in [1.29, 1.82) is 0 Å². The predicted molar refractivity (Wildman–Crippen MR) is 106 cm³/mol. The Labute approximate surface area is 177 Å². The fourth-order valence-corrected chi connectivity index (χ4v) is 3.83. The minimum Gasteiger partial charge on any atom is -0.431 e. The molecule has 1 aliphatic carbocycles. The number of ether oxygens (including phenoxy) is 4. The predicted octanol–water partition coefficient (Wildman–Crippen LogP) is 1.46. The van der Waals surface area contributed by atoms with Gasteiger partial charge in [-0.15, -0.1) is 0 Å². The van der Waals surface area contributed by atoms with Crippen LogP contribution in [0, 0.1) is 11.3 Å². The molecule has 2 aliphatic rings. The Morgan fingerprint density at radius 1 is 1.13 bits per heavy atom. The van der Waals surface area contributed by atoms with Gasteiger partial charge >= 0.3 is 6.16 Å². The smallest absolute Gasteiger partial charge is 0.431 e. The van der Waals surface area contributed by atoms with Crippen LogP contribution in [0.5, 0.6) is 0 Å². The number of allylic oxidation sites excluding steroid dienone is 1. The van der Waals surface area contributed by atoms with Crippen LogP contribution in [0.3, 0.4) is 0 Å². The van der Waals surface area contributed by atoms with Crippen LogP contribution in [0.1, 0.15) is 54.9 Å². The van der Waals surface area contributed by atoms with Gasteiger partial charge in [0.05, 0.1) is 5.60 Å². The molecule has 30 heavy (non-hydrogen) atoms. The van der Waals surface area contributed by atoms with Gasteiger partial charge in [0.25, 0.3) is 0 Å². The van der Waals surface area contributed by atoms with Gasteiger partial charge in [0.15, 0.2) is 6.29 Å². The van der Waals surface area contributed by atoms with E-state index in [1.807, 2.05) is 33.8 Å². The summed E-state index contributed by atoms with van der Waals surface area (Å²) in [5.41, 5.74) is -1.75. The van der Waals surface area contributed by atoms with Gasteiger partial charge in [0.1, 0.15) is 42.4 Å². The fourth-order valence-electron chi connectivity index (χ4n) is 3.83. The van der Waals surface area contributed by atoms with Gasteiger partial charge in [-0.1, -0.05) is 20.8 Å². The molecule has 0 radical (unpaired) electrons. The molecule has 1 saturated heterocycles. The third kappa shape index (κ3) is 4.98. The number of carbonyl (C=O) groups is 1. The van der Waals surface area contributed by atoms with Crippen molar-refractivity contribution in [2.75, 3.05) is 6.61 Å². The molecule has 1 fully saturated rings. The molecule has 0 aromatic heterocycles. The second-order valence-corrected chi connectivity index (χ2v) is 9.87. The lowest BCUT2D eigenvalue weighted by Crippen LogP contribution is -2.58. The average molecular weight is 433 g/mol. The van der Waals surface area contributed by atoms with Crippen molar-refractivity contribution in [1.82, 2.24) is 0 Å². The third-order valence-corrected chi connectivity index (χ3v) is 6.34. The zero-order valence-corrected chi connectivity index (χ0v) is 18.8. The number of aliphatic hydroxyl groups excluding tert-OH is 4. The van der Waals surface area contributed by atoms with Crippen molar-refractivity contribution in [3.05, 3.63) is 11.8 Å². The number of carbonyl (C=O) groups excluding carboxylic acids is 1. The molecule has 4 N–H and O–H groups in total. The largest absolute Gasteiger partial charge is 0.513 e. The molecule has 0 spiro atoms. The van der Waals surface area contributed by atoms with Gasteiger partial charge in [-0.05, 0) is 46.1 Å². The first kappa shape index (κ1) is 25.0. The van der Waals surface area contributed by atoms with Crippen LogP contribution >= 0.6 is 0 Å². The van der Waals surface area contributed by atoms with E-state index in [0.717, 1.165) is 0 Å². The van der Waals surface area contributed by atoms with Gasteiger partial charge in [-0.25, -0.2) is 4.79 Å². The minimum atomic E-state index is -1.71. The summed E-state index contributed by atoms with van der Waals surface area (Å²) in [6.07, 6.45) is -6.28. The topological polar surface area (TPSA) is 135 Å². The summed E-state index contributed by atoms with van der Waals surface area (Å²) in [7, 11) is 0. The maximum atomic E-state index is 12.4. The summed E-state index contributed by atoms with van der Waals surface area (Å²) >= 11 is 0. The summed E-state index contributed by atoms with van der Waals surface area (Å²) in [4.78, 5) is 12.4. The van der Waals surface area contributed by atoms with E-state index in [9.17, 15) is 25.2 Å². The highest BCUT2D eigenvalue weighted by atomic mass is 16.7. The molecule has 1 unspecified atom stereocenters. The molecule has 1 heterocycles. The number of hydrogen-bond donors (Lipinski definition) is 4. The highest BCUT2D eigenvalue weighted by molar-refractivity contribution is 5.62. The maximum absolute atomic E-state index is 12.4. The number of hydrogen-bond acceptors (Lipinski definition) is 9. The first-order valence-electron chi connectivity index (χ1n) is 10.2. The summed E-state index contributed by atoms with van der Waals surface area (Å²) in [6.45, 7) is 13.4. The van der Waals surface area contributed by atoms with Crippen LogP contribution in [0.2, 0.25) is 0 Å². The Hall–Kier alpha value is -1.23. The fraction of sp³-hybridized carbons (Fsp3) is 0.857. The molecule has 7 atom stereocenters. The van der Waals surface area contributed by atoms with Crippen LogP contribution < -0.4 is 0 Å². The van der Waals surface area contributed by atoms with E-state index in [2.05, 4.69) is 20.8 Å². The van der Waals surface area contributed by atoms with Crippen molar-refractivity contribution in [3.63, 3.8) is 0 Å². The van der Waals surface area contributed by atoms with Crippen molar-refractivity contribution < 1.29 is 44.2 Å². The third-order valence-electron chi connectivity index (χ3n) is 6.34. The molecule has 0 bridgehead atoms. The van der Waals surface area contributed by atoms with Gasteiger partial charge < -0.3 is 39.4 Å². The molecular weight excluding hydrogens is 396 g/mol. The zero-order chi connectivity index (χ0) is 23.1. The molecule has 0 aromatic carbocycles. The molecule has 1 aliphatic heterocycles. The van der Waals surface area contributed by atoms with Gasteiger partial charge in [-0.2, -0.15) is 0 Å². The first-order chi connectivity index (χ1) is 13.6. The lowest BCUT2D eigenvalue weighted by molar-refractivity contribution is -0.286. The SMILES string of the molecule is CC1CC=C(OC(=O)OC[C@H]2O[C@H](O)[C@H](O)[C@@H](O)[C@H]2O)[C@](C)(OC(C)(C)C)C1(C)C. The van der Waals surface area contributed by atoms with Gasteiger partial charge in [-0.3, -0.25) is 0 Å². The van der Waals surface area contributed by atoms with Crippen LogP contribution in [0.15, 0.2) is 11.8 Å². The summed E-state index contributed by atoms with van der Waals surface area (Å²) in [6, 6.07) is 0. The van der Waals surface area contributed by atoms with Crippen LogP contribution in [0.25, 0.3) is 0 Å². The van der Waals surface area contributed by atoms with Crippen molar-refractivity contribution >= 4 is 6.16 Å². The Morgan fingerprint density at radius 2 is 1.73 bits per heavy atom. The highest BCUT2D eigenvalue weighted by Gasteiger charge is 2.54. The van der Waals surface area contributed by atoms with Crippen LogP contribution in [0.4, 0.5) is 4.79 Å². The summed E-state index contributed by atoms with van der Waals surface area (Å²) in [5.74, 6) is 0.611. The van der Waals surface area contributed by atoms with E-state index in [4.69, 9.17) is 18.9 Å². The van der Waals surface area contributed by atoms with Crippen LogP contribution in [-0.4, -0.2) is 75.1 Å². The van der Waals surface area contributed by atoms with E-state index in [0.29, 0.717) is 12.2 Å². The Morgan fingerprint density at radius 3 is 2.30 bits per heavy atom. The van der Waals surface area contributed by atoms with Crippen molar-refractivity contribution in [3.8, 4) is 0 Å². The Kier molecular flexibility index (Phi) is 7.28. The lowest BCUT2D eigenvalue weighted by Gasteiger charge is -2.52. The van der Waals surface area contributed by atoms with Gasteiger partial charge in [0, 0.05) is 5.41 Å². The zero-order valence-electron chi connectivity index (χ0n) is 18.8. The van der Waals surface area contributed by atoms with E-state index in [-0.39, 0.29) is 11.3 Å². The molecule has 174 valence electrons. The number of rotatable bonds is 4. The van der Waals surface area contributed by atoms with Crippen molar-refractivity contribution in [2.24, 2.45) is 11.3 Å². The molecule has 0 amide bonds. The average Bonchev–Trinajstić information content (AvgIpc) is 2.62. The molecular formula is C21H36O9. The lowest BCUT2D eigenvalue weighted by atomic mass is 9.62. The molecule has 0 aromatic rings. The second kappa shape index (κ2) is 8.72. The van der Waals surface area contributed by atoms with Gasteiger partial charge in [0.2, 0.25) is 0 Å². The maximum Gasteiger partial charge on any atom is 0.513 e. The Bertz CT molecular complexity index is 653. The normalized spacial score (nSPS) is 39.2. The minimum absolute atomic E-state index is 0.272. The molecule has 9 nitrogen and oxygen atoms in total. The second-order valence-electron chi connectivity index (χ2n) is 9.87. The molecule has 0 saturated carbocycles. The standard InChI is InChI=1S/C21H36O9/c1-11-8-9-13(21(7,20(11,5)6)30-19(2,3)4)29-18(26)27-10-12-14(22)15(23)16(24)17(25)28-12/h9,11-12,14-17,22-25H,8,10H2,1-7H3/t11?,12-,14+,15+,16-,17+,21+/m1/s1. The quantitative estimate of drug-likeness (QED) is 0.487. The van der Waals surface area contributed by atoms with E-state index < -0.39 is 54.7 Å². The first-order valence-corrected chi connectivity index (χ1v) is 10.2. The van der Waals surface area contributed by atoms with Crippen LogP contribution in [-0.2, 0) is 18.9 Å². The number of aliphatic hydroxyl groups is 4. The van der Waals surface area contributed by atoms with E-state index >= 15 is 0 Å². The van der Waals surface area contributed by atoms with E-state index in [1.165, 1.54) is 0 Å². The molecule has 2 rings (SSSR count). The summed E-state index contributed by atoms with van der Waals surface area (Å²) in [5, 5.41) is 38.8. The highest BCUT2D eigenvalue weighted by Crippen LogP contribution is 2.51. The Balaban J connectivity index is 2.09. The van der Waals surface area contributed by atoms with E-state index in [1.54, 1.807) is 0 Å².